The van der Waals surface area contributed by atoms with Crippen molar-refractivity contribution in [2.24, 2.45) is 23.9 Å². The molecule has 3 heterocycles. The van der Waals surface area contributed by atoms with Gasteiger partial charge < -0.3 is 31.3 Å². The third-order valence-corrected chi connectivity index (χ3v) is 8.36. The first kappa shape index (κ1) is 36.3. The highest BCUT2D eigenvalue weighted by atomic mass is 32.3. The van der Waals surface area contributed by atoms with Gasteiger partial charge in [-0.1, -0.05) is 5.16 Å². The number of nitrogen functional groups attached to an aromatic ring is 1. The van der Waals surface area contributed by atoms with E-state index in [9.17, 15) is 33.0 Å². The summed E-state index contributed by atoms with van der Waals surface area (Å²) in [5.41, 5.74) is 9.94. The summed E-state index contributed by atoms with van der Waals surface area (Å²) in [7, 11) is -3.31. The molecule has 0 spiro atoms. The van der Waals surface area contributed by atoms with Gasteiger partial charge in [-0.3, -0.25) is 14.1 Å². The topological polar surface area (TPSA) is 263 Å². The quantitative estimate of drug-likeness (QED) is 0.0418. The number of benzene rings is 1. The van der Waals surface area contributed by atoms with E-state index < -0.39 is 76.3 Å². The van der Waals surface area contributed by atoms with Gasteiger partial charge in [-0.05, 0) is 26.0 Å². The van der Waals surface area contributed by atoms with Crippen molar-refractivity contribution in [1.82, 2.24) is 14.7 Å². The number of hydroxylamine groups is 2. The number of ketones is 1. The Kier molecular flexibility index (Phi) is 10.8. The number of anilines is 1. The summed E-state index contributed by atoms with van der Waals surface area (Å²) in [6.45, 7) is 2.36. The number of nitrogens with two attached hydrogens (primary N) is 2. The number of carboxylic acids is 1. The van der Waals surface area contributed by atoms with Gasteiger partial charge >= 0.3 is 16.4 Å². The summed E-state index contributed by atoms with van der Waals surface area (Å²) in [5, 5.41) is 25.1. The lowest BCUT2D eigenvalue weighted by molar-refractivity contribution is -0.754. The van der Waals surface area contributed by atoms with Crippen LogP contribution in [-0.4, -0.2) is 92.2 Å². The van der Waals surface area contributed by atoms with Crippen molar-refractivity contribution in [3.8, 4) is 16.9 Å². The Morgan fingerprint density at radius 2 is 2.02 bits per heavy atom. The van der Waals surface area contributed by atoms with Crippen LogP contribution in [0.3, 0.4) is 0 Å². The first-order chi connectivity index (χ1) is 22.4. The molecule has 1 aliphatic heterocycles. The number of carbonyl (C=O) groups is 3. The summed E-state index contributed by atoms with van der Waals surface area (Å²) in [5.74, 6) is -5.14. The summed E-state index contributed by atoms with van der Waals surface area (Å²) < 4.78 is 59.3. The fourth-order valence-corrected chi connectivity index (χ4v) is 5.71. The predicted molar refractivity (Wildman–Crippen MR) is 164 cm³/mol. The van der Waals surface area contributed by atoms with Crippen LogP contribution in [0.2, 0.25) is 0 Å². The molecule has 4 rings (SSSR count). The molecule has 3 aromatic rings. The van der Waals surface area contributed by atoms with Gasteiger partial charge in [0, 0.05) is 30.0 Å². The molecular weight excluding hydrogens is 681 g/mol. The van der Waals surface area contributed by atoms with Crippen LogP contribution in [0.25, 0.3) is 11.1 Å². The van der Waals surface area contributed by atoms with Crippen LogP contribution in [0.5, 0.6) is 5.75 Å². The zero-order valence-corrected chi connectivity index (χ0v) is 27.4. The molecule has 1 saturated heterocycles. The number of aliphatic hydroxyl groups excluding tert-OH is 1. The number of thiazole rings is 1. The molecule has 1 amide bonds. The number of hydrogen-bond donors (Lipinski definition) is 5. The van der Waals surface area contributed by atoms with Crippen molar-refractivity contribution in [1.29, 1.82) is 0 Å². The molecule has 0 aliphatic carbocycles. The van der Waals surface area contributed by atoms with E-state index in [-0.39, 0.29) is 35.2 Å². The number of rotatable bonds is 16. The van der Waals surface area contributed by atoms with E-state index in [1.165, 1.54) is 31.4 Å². The average Bonchev–Trinajstić information content (AvgIpc) is 3.59. The van der Waals surface area contributed by atoms with Crippen LogP contribution in [0, 0.1) is 11.7 Å². The molecule has 3 atom stereocenters. The molecule has 7 N–H and O–H groups in total. The zero-order chi connectivity index (χ0) is 35.6. The van der Waals surface area contributed by atoms with Crippen molar-refractivity contribution in [2.45, 2.75) is 44.6 Å². The lowest BCUT2D eigenvalue weighted by atomic mass is 9.74. The second-order valence-electron chi connectivity index (χ2n) is 11.2. The largest absolute Gasteiger partial charge is 0.489 e. The maximum atomic E-state index is 15.1. The highest BCUT2D eigenvalue weighted by Crippen LogP contribution is 2.40. The minimum Gasteiger partial charge on any atom is -0.489 e. The van der Waals surface area contributed by atoms with Crippen molar-refractivity contribution in [2.75, 3.05) is 18.9 Å². The monoisotopic (exact) mass is 714 g/mol. The van der Waals surface area contributed by atoms with Crippen molar-refractivity contribution >= 4 is 50.2 Å². The van der Waals surface area contributed by atoms with Crippen LogP contribution in [0.4, 0.5) is 9.52 Å². The Labute approximate surface area is 276 Å². The Morgan fingerprint density at radius 3 is 2.58 bits per heavy atom. The summed E-state index contributed by atoms with van der Waals surface area (Å²) in [4.78, 5) is 47.0. The number of carboxylic acid groups (broad SMARTS) is 1. The third kappa shape index (κ3) is 8.29. The number of hydrogen-bond acceptors (Lipinski definition) is 14. The number of Topliss-reactive ketones (excluding diaryl/α,β-unsaturated/α-hetero) is 1. The number of aliphatic hydroxyl groups is 1. The number of halogens is 1. The Balaban J connectivity index is 1.47. The second-order valence-corrected chi connectivity index (χ2v) is 13.1. The smallest absolute Gasteiger partial charge is 0.418 e. The number of β-lactam (4-membered cyclic amide) rings is 1. The number of aromatic nitrogens is 3. The number of aryl methyl sites for hydroxylation is 1. The van der Waals surface area contributed by atoms with Gasteiger partial charge in [-0.15, -0.1) is 20.3 Å². The first-order valence-electron chi connectivity index (χ1n) is 14.0. The van der Waals surface area contributed by atoms with Crippen LogP contribution in [-0.2, 0) is 47.5 Å². The summed E-state index contributed by atoms with van der Waals surface area (Å²) >= 11 is 0.943. The standard InChI is InChI=1S/C27H32FN7O11S2/c1-27(2)18(24(38)35(27)46-48(41,42)43)7-21(37)23(20-13-47-26(30)31-20)32-45-22(25(39)40)12-44-16-4-5-17(19(28)6-16)14-9-33(3)34(10-14)11-15(36)8-29/h4-6,9-10,13,15,18,22,36H,7-8,11-12,29H2,1-3H3,(H3-,30,31,39,40,41,42,43)/p+1/b32-23-/t15?,18-,22+/m1/s1. The van der Waals surface area contributed by atoms with E-state index in [1.807, 2.05) is 0 Å². The summed E-state index contributed by atoms with van der Waals surface area (Å²) in [6.07, 6.45) is 0.138. The third-order valence-electron chi connectivity index (χ3n) is 7.35. The van der Waals surface area contributed by atoms with E-state index in [2.05, 4.69) is 14.4 Å². The number of oxime groups is 1. The molecule has 1 fully saturated rings. The molecule has 21 heteroatoms. The van der Waals surface area contributed by atoms with Crippen LogP contribution in [0.1, 0.15) is 26.0 Å². The molecule has 0 radical (unpaired) electrons. The fourth-order valence-electron chi connectivity index (χ4n) is 4.71. The molecule has 1 aliphatic rings. The lowest BCUT2D eigenvalue weighted by Gasteiger charge is -2.50. The van der Waals surface area contributed by atoms with Crippen LogP contribution >= 0.6 is 11.3 Å². The Bertz CT molecular complexity index is 1840. The highest BCUT2D eigenvalue weighted by molar-refractivity contribution is 7.80. The Hall–Kier alpha value is -4.54. The maximum Gasteiger partial charge on any atom is 0.418 e. The first-order valence-corrected chi connectivity index (χ1v) is 16.2. The average molecular weight is 715 g/mol. The maximum absolute atomic E-state index is 15.1. The van der Waals surface area contributed by atoms with Gasteiger partial charge in [-0.2, -0.15) is 18.2 Å². The normalized spacial score (nSPS) is 17.5. The van der Waals surface area contributed by atoms with Crippen molar-refractivity contribution in [3.63, 3.8) is 0 Å². The minimum atomic E-state index is -5.02. The molecule has 0 saturated carbocycles. The number of nitrogens with zero attached hydrogens (tertiary/aromatic N) is 5. The van der Waals surface area contributed by atoms with Crippen LogP contribution < -0.4 is 20.9 Å². The number of ether oxygens (including phenoxy) is 1. The minimum absolute atomic E-state index is 0.0385. The molecule has 260 valence electrons. The van der Waals surface area contributed by atoms with Crippen LogP contribution in [0.15, 0.2) is 41.1 Å². The van der Waals surface area contributed by atoms with Gasteiger partial charge in [0.25, 0.3) is 12.0 Å². The number of aliphatic carboxylic acids is 1. The van der Waals surface area contributed by atoms with Crippen molar-refractivity contribution in [3.05, 3.63) is 47.5 Å². The zero-order valence-electron chi connectivity index (χ0n) is 25.7. The van der Waals surface area contributed by atoms with Gasteiger partial charge in [0.05, 0.1) is 29.3 Å². The van der Waals surface area contributed by atoms with Crippen molar-refractivity contribution < 1.29 is 60.5 Å². The van der Waals surface area contributed by atoms with Gasteiger partial charge in [0.15, 0.2) is 23.7 Å². The van der Waals surface area contributed by atoms with Gasteiger partial charge in [0.2, 0.25) is 6.20 Å². The SMILES string of the molecule is C[n+]1cc(-c2ccc(OC[C@H](O/N=C(\C(=O)C[C@@H]3C(=O)N(OS(=O)(=O)O)C3(C)C)c3csc(N)n3)C(=O)O)cc2F)cn1CC(O)CN. The Morgan fingerprint density at radius 1 is 1.31 bits per heavy atom. The van der Waals surface area contributed by atoms with Gasteiger partial charge in [-0.25, -0.2) is 14.2 Å². The van der Waals surface area contributed by atoms with E-state index in [1.54, 1.807) is 28.8 Å². The molecule has 48 heavy (non-hydrogen) atoms. The summed E-state index contributed by atoms with van der Waals surface area (Å²) in [6, 6.07) is 3.88. The molecular formula is C27H33FN7O11S2+. The molecule has 0 bridgehead atoms. The lowest BCUT2D eigenvalue weighted by Crippen LogP contribution is -2.68. The van der Waals surface area contributed by atoms with E-state index in [0.717, 1.165) is 17.4 Å². The highest BCUT2D eigenvalue weighted by Gasteiger charge is 2.57. The van der Waals surface area contributed by atoms with E-state index in [0.29, 0.717) is 10.6 Å². The van der Waals surface area contributed by atoms with Gasteiger partial charge in [0.1, 0.15) is 30.4 Å². The number of amides is 1. The second kappa shape index (κ2) is 14.3. The van der Waals surface area contributed by atoms with E-state index in [4.69, 9.17) is 25.6 Å². The van der Waals surface area contributed by atoms with E-state index >= 15 is 4.39 Å². The fraction of sp³-hybridized carbons (Fsp3) is 0.407. The number of carbonyl (C=O) groups excluding carboxylic acids is 2. The molecule has 2 aromatic heterocycles. The molecule has 1 aromatic carbocycles. The predicted octanol–water partition coefficient (Wildman–Crippen LogP) is -0.339. The molecule has 18 nitrogen and oxygen atoms in total. The molecule has 1 unspecified atom stereocenters.